The molecule has 0 aliphatic rings. The molecule has 0 aromatic carbocycles. The Balaban J connectivity index is 5.56. The Labute approximate surface area is 116 Å². The Morgan fingerprint density at radius 2 is 0.947 bits per heavy atom. The summed E-state index contributed by atoms with van der Waals surface area (Å²) in [4.78, 5) is 24.9. The standard InChI is InChI=1S/C15H28O4/c1-9(2)15(10(3)4,13(16)18-11(5)6)14(17)19-12(7)8/h9-12H,1-8H3. The van der Waals surface area contributed by atoms with Crippen molar-refractivity contribution in [2.24, 2.45) is 17.3 Å². The van der Waals surface area contributed by atoms with Gasteiger partial charge in [0.15, 0.2) is 5.41 Å². The lowest BCUT2D eigenvalue weighted by atomic mass is 9.68. The molecular weight excluding hydrogens is 244 g/mol. The molecule has 0 radical (unpaired) electrons. The number of carbonyl (C=O) groups excluding carboxylic acids is 2. The van der Waals surface area contributed by atoms with Crippen LogP contribution in [0.5, 0.6) is 0 Å². The normalized spacial score (nSPS) is 12.4. The highest BCUT2D eigenvalue weighted by molar-refractivity contribution is 6.00. The maximum absolute atomic E-state index is 12.5. The molecule has 19 heavy (non-hydrogen) atoms. The van der Waals surface area contributed by atoms with Crippen LogP contribution in [-0.4, -0.2) is 24.1 Å². The minimum Gasteiger partial charge on any atom is -0.462 e. The van der Waals surface area contributed by atoms with Crippen LogP contribution in [-0.2, 0) is 19.1 Å². The van der Waals surface area contributed by atoms with Crippen molar-refractivity contribution in [2.75, 3.05) is 0 Å². The van der Waals surface area contributed by atoms with Crippen LogP contribution in [0.4, 0.5) is 0 Å². The quantitative estimate of drug-likeness (QED) is 0.550. The van der Waals surface area contributed by atoms with Crippen molar-refractivity contribution in [1.82, 2.24) is 0 Å². The molecule has 0 atom stereocenters. The summed E-state index contributed by atoms with van der Waals surface area (Å²) < 4.78 is 10.6. The van der Waals surface area contributed by atoms with Gasteiger partial charge in [0.05, 0.1) is 12.2 Å². The van der Waals surface area contributed by atoms with Crippen LogP contribution in [0, 0.1) is 17.3 Å². The van der Waals surface area contributed by atoms with Crippen molar-refractivity contribution in [3.63, 3.8) is 0 Å². The van der Waals surface area contributed by atoms with Crippen molar-refractivity contribution in [2.45, 2.75) is 67.6 Å². The molecule has 0 saturated carbocycles. The van der Waals surface area contributed by atoms with Gasteiger partial charge in [0.2, 0.25) is 0 Å². The Kier molecular flexibility index (Phi) is 6.53. The Morgan fingerprint density at radius 3 is 1.11 bits per heavy atom. The predicted molar refractivity (Wildman–Crippen MR) is 74.6 cm³/mol. The van der Waals surface area contributed by atoms with Crippen molar-refractivity contribution in [3.05, 3.63) is 0 Å². The average molecular weight is 272 g/mol. The number of hydrogen-bond donors (Lipinski definition) is 0. The lowest BCUT2D eigenvalue weighted by Gasteiger charge is -2.37. The third-order valence-corrected chi connectivity index (χ3v) is 3.18. The molecule has 0 rings (SSSR count). The highest BCUT2D eigenvalue weighted by atomic mass is 16.6. The molecule has 0 aromatic rings. The van der Waals surface area contributed by atoms with E-state index < -0.39 is 17.4 Å². The first-order chi connectivity index (χ1) is 8.56. The molecule has 0 aliphatic carbocycles. The van der Waals surface area contributed by atoms with Gasteiger partial charge < -0.3 is 9.47 Å². The third kappa shape index (κ3) is 3.95. The Morgan fingerprint density at radius 1 is 0.684 bits per heavy atom. The summed E-state index contributed by atoms with van der Waals surface area (Å²) in [6, 6.07) is 0. The van der Waals surface area contributed by atoms with Crippen LogP contribution in [0.15, 0.2) is 0 Å². The summed E-state index contributed by atoms with van der Waals surface area (Å²) in [6.45, 7) is 14.5. The molecule has 4 heteroatoms. The second kappa shape index (κ2) is 6.92. The van der Waals surface area contributed by atoms with E-state index in [0.29, 0.717) is 0 Å². The second-order valence-electron chi connectivity index (χ2n) is 6.09. The number of hydrogen-bond acceptors (Lipinski definition) is 4. The van der Waals surface area contributed by atoms with Crippen LogP contribution >= 0.6 is 0 Å². The lowest BCUT2D eigenvalue weighted by molar-refractivity contribution is -0.185. The summed E-state index contributed by atoms with van der Waals surface area (Å²) in [7, 11) is 0. The maximum Gasteiger partial charge on any atom is 0.324 e. The molecular formula is C15H28O4. The van der Waals surface area contributed by atoms with Gasteiger partial charge in [-0.1, -0.05) is 27.7 Å². The van der Waals surface area contributed by atoms with E-state index in [-0.39, 0.29) is 24.0 Å². The molecule has 112 valence electrons. The van der Waals surface area contributed by atoms with Crippen molar-refractivity contribution >= 4 is 11.9 Å². The van der Waals surface area contributed by atoms with E-state index in [9.17, 15) is 9.59 Å². The zero-order valence-corrected chi connectivity index (χ0v) is 13.4. The summed E-state index contributed by atoms with van der Waals surface area (Å²) in [5.41, 5.74) is -1.24. The molecule has 0 spiro atoms. The second-order valence-corrected chi connectivity index (χ2v) is 6.09. The van der Waals surface area contributed by atoms with Gasteiger partial charge in [-0.15, -0.1) is 0 Å². The van der Waals surface area contributed by atoms with Crippen LogP contribution < -0.4 is 0 Å². The Hall–Kier alpha value is -1.06. The van der Waals surface area contributed by atoms with Crippen molar-refractivity contribution in [3.8, 4) is 0 Å². The first-order valence-corrected chi connectivity index (χ1v) is 6.98. The molecule has 0 aliphatic heterocycles. The third-order valence-electron chi connectivity index (χ3n) is 3.18. The minimum atomic E-state index is -1.24. The predicted octanol–water partition coefficient (Wildman–Crippen LogP) is 3.19. The molecule has 0 heterocycles. The van der Waals surface area contributed by atoms with Crippen molar-refractivity contribution < 1.29 is 19.1 Å². The van der Waals surface area contributed by atoms with E-state index in [1.807, 2.05) is 27.7 Å². The van der Waals surface area contributed by atoms with Gasteiger partial charge in [-0.3, -0.25) is 9.59 Å². The van der Waals surface area contributed by atoms with E-state index in [2.05, 4.69) is 0 Å². The molecule has 0 saturated heterocycles. The van der Waals surface area contributed by atoms with Gasteiger partial charge in [0.1, 0.15) is 0 Å². The fourth-order valence-corrected chi connectivity index (χ4v) is 2.32. The molecule has 0 bridgehead atoms. The van der Waals surface area contributed by atoms with Gasteiger partial charge in [-0.2, -0.15) is 0 Å². The largest absolute Gasteiger partial charge is 0.462 e. The minimum absolute atomic E-state index is 0.190. The van der Waals surface area contributed by atoms with E-state index in [1.165, 1.54) is 0 Å². The van der Waals surface area contributed by atoms with Gasteiger partial charge in [0.25, 0.3) is 0 Å². The zero-order chi connectivity index (χ0) is 15.4. The topological polar surface area (TPSA) is 52.6 Å². The van der Waals surface area contributed by atoms with E-state index >= 15 is 0 Å². The Bertz CT molecular complexity index is 284. The lowest BCUT2D eigenvalue weighted by Crippen LogP contribution is -2.51. The summed E-state index contributed by atoms with van der Waals surface area (Å²) >= 11 is 0. The first kappa shape index (κ1) is 17.9. The summed E-state index contributed by atoms with van der Waals surface area (Å²) in [5, 5.41) is 0. The van der Waals surface area contributed by atoms with Crippen LogP contribution in [0.2, 0.25) is 0 Å². The van der Waals surface area contributed by atoms with Gasteiger partial charge in [-0.25, -0.2) is 0 Å². The van der Waals surface area contributed by atoms with E-state index in [1.54, 1.807) is 27.7 Å². The molecule has 0 amide bonds. The highest BCUT2D eigenvalue weighted by Crippen LogP contribution is 2.39. The fourth-order valence-electron chi connectivity index (χ4n) is 2.32. The fraction of sp³-hybridized carbons (Fsp3) is 0.867. The van der Waals surface area contributed by atoms with Gasteiger partial charge in [-0.05, 0) is 39.5 Å². The average Bonchev–Trinajstić information content (AvgIpc) is 2.13. The van der Waals surface area contributed by atoms with Gasteiger partial charge >= 0.3 is 11.9 Å². The molecule has 0 aromatic heterocycles. The summed E-state index contributed by atoms with van der Waals surface area (Å²) in [5.74, 6) is -1.36. The number of ether oxygens (including phenoxy) is 2. The zero-order valence-electron chi connectivity index (χ0n) is 13.4. The first-order valence-electron chi connectivity index (χ1n) is 6.98. The number of esters is 2. The van der Waals surface area contributed by atoms with Gasteiger partial charge in [0, 0.05) is 0 Å². The number of carbonyl (C=O) groups is 2. The highest BCUT2D eigenvalue weighted by Gasteiger charge is 2.54. The SMILES string of the molecule is CC(C)OC(=O)C(C(=O)OC(C)C)(C(C)C)C(C)C. The van der Waals surface area contributed by atoms with E-state index in [0.717, 1.165) is 0 Å². The smallest absolute Gasteiger partial charge is 0.324 e. The molecule has 0 fully saturated rings. The maximum atomic E-state index is 12.5. The monoisotopic (exact) mass is 272 g/mol. The molecule has 0 unspecified atom stereocenters. The molecule has 0 N–H and O–H groups in total. The van der Waals surface area contributed by atoms with Crippen LogP contribution in [0.1, 0.15) is 55.4 Å². The summed E-state index contributed by atoms with van der Waals surface area (Å²) in [6.07, 6.45) is -0.507. The van der Waals surface area contributed by atoms with Crippen LogP contribution in [0.25, 0.3) is 0 Å². The number of rotatable bonds is 6. The van der Waals surface area contributed by atoms with Crippen molar-refractivity contribution in [1.29, 1.82) is 0 Å². The van der Waals surface area contributed by atoms with Crippen LogP contribution in [0.3, 0.4) is 0 Å². The molecule has 4 nitrogen and oxygen atoms in total. The van der Waals surface area contributed by atoms with E-state index in [4.69, 9.17) is 9.47 Å².